The lowest BCUT2D eigenvalue weighted by molar-refractivity contribution is -0.147. The third-order valence-corrected chi connectivity index (χ3v) is 2.96. The predicted octanol–water partition coefficient (Wildman–Crippen LogP) is 1.92. The van der Waals surface area contributed by atoms with Crippen molar-refractivity contribution in [1.29, 1.82) is 0 Å². The average molecular weight is 322 g/mol. The van der Waals surface area contributed by atoms with E-state index in [1.165, 1.54) is 6.07 Å². The molecule has 92 valence electrons. The van der Waals surface area contributed by atoms with E-state index in [4.69, 9.17) is 16.7 Å². The van der Waals surface area contributed by atoms with Gasteiger partial charge in [0.1, 0.15) is 0 Å². The van der Waals surface area contributed by atoms with E-state index in [2.05, 4.69) is 15.9 Å². The fourth-order valence-corrected chi connectivity index (χ4v) is 1.85. The van der Waals surface area contributed by atoms with Gasteiger partial charge in [0.05, 0.1) is 5.88 Å². The summed E-state index contributed by atoms with van der Waals surface area (Å²) in [6, 6.07) is 4.75. The second kappa shape index (κ2) is 6.14. The number of carboxylic acids is 1. The van der Waals surface area contributed by atoms with E-state index in [9.17, 15) is 14.7 Å². The third kappa shape index (κ3) is 3.80. The summed E-state index contributed by atoms with van der Waals surface area (Å²) in [6.45, 7) is 0. The number of rotatable bonds is 5. The number of alkyl halides is 1. The van der Waals surface area contributed by atoms with Gasteiger partial charge in [-0.1, -0.05) is 22.0 Å². The van der Waals surface area contributed by atoms with Crippen molar-refractivity contribution in [1.82, 2.24) is 0 Å². The maximum absolute atomic E-state index is 11.2. The van der Waals surface area contributed by atoms with Crippen LogP contribution in [0.25, 0.3) is 0 Å². The molecule has 1 atom stereocenters. The van der Waals surface area contributed by atoms with Crippen LogP contribution in [0.4, 0.5) is 0 Å². The Hall–Kier alpha value is -0.910. The van der Waals surface area contributed by atoms with Crippen molar-refractivity contribution in [2.45, 2.75) is 12.5 Å². The van der Waals surface area contributed by atoms with Gasteiger partial charge >= 0.3 is 5.97 Å². The lowest BCUT2D eigenvalue weighted by atomic mass is 9.98. The van der Waals surface area contributed by atoms with Crippen molar-refractivity contribution in [3.05, 3.63) is 33.8 Å². The Morgan fingerprint density at radius 2 is 2.06 bits per heavy atom. The number of ketones is 1. The van der Waals surface area contributed by atoms with Gasteiger partial charge in [0.25, 0.3) is 0 Å². The molecule has 0 aliphatic rings. The number of hydrogen-bond donors (Lipinski definition) is 2. The predicted molar refractivity (Wildman–Crippen MR) is 66.2 cm³/mol. The van der Waals surface area contributed by atoms with E-state index >= 15 is 0 Å². The molecule has 2 N–H and O–H groups in total. The van der Waals surface area contributed by atoms with Crippen molar-refractivity contribution in [2.24, 2.45) is 0 Å². The molecule has 0 saturated carbocycles. The second-order valence-electron chi connectivity index (χ2n) is 3.43. The van der Waals surface area contributed by atoms with Crippen LogP contribution < -0.4 is 0 Å². The van der Waals surface area contributed by atoms with Gasteiger partial charge in [0.2, 0.25) is 0 Å². The molecular formula is C11H10BrClO4. The summed E-state index contributed by atoms with van der Waals surface area (Å²) in [5.74, 6) is -1.73. The monoisotopic (exact) mass is 320 g/mol. The van der Waals surface area contributed by atoms with E-state index in [1.54, 1.807) is 12.1 Å². The van der Waals surface area contributed by atoms with E-state index in [-0.39, 0.29) is 23.6 Å². The molecule has 1 rings (SSSR count). The molecule has 0 aliphatic carbocycles. The molecule has 1 aromatic carbocycles. The zero-order valence-electron chi connectivity index (χ0n) is 8.69. The van der Waals surface area contributed by atoms with Crippen LogP contribution in [0.15, 0.2) is 22.7 Å². The molecule has 1 aromatic rings. The summed E-state index contributed by atoms with van der Waals surface area (Å²) in [7, 11) is 0. The minimum absolute atomic E-state index is 0.0104. The van der Waals surface area contributed by atoms with E-state index in [0.717, 1.165) is 0 Å². The highest BCUT2D eigenvalue weighted by molar-refractivity contribution is 9.10. The van der Waals surface area contributed by atoms with Gasteiger partial charge in [0.15, 0.2) is 11.9 Å². The van der Waals surface area contributed by atoms with E-state index < -0.39 is 12.1 Å². The van der Waals surface area contributed by atoms with Crippen molar-refractivity contribution < 1.29 is 19.8 Å². The number of Topliss-reactive ketones (excluding diaryl/α,β-unsaturated/α-hetero) is 1. The summed E-state index contributed by atoms with van der Waals surface area (Å²) < 4.78 is 0.634. The highest BCUT2D eigenvalue weighted by Gasteiger charge is 2.20. The standard InChI is InChI=1S/C11H10BrClO4/c12-7-2-1-6(3-8(14)5-13)9(4-7)10(15)11(16)17/h1-2,4,10,15H,3,5H2,(H,16,17). The molecule has 6 heteroatoms. The van der Waals surface area contributed by atoms with E-state index in [1.807, 2.05) is 0 Å². The molecule has 17 heavy (non-hydrogen) atoms. The summed E-state index contributed by atoms with van der Waals surface area (Å²) in [5.41, 5.74) is 0.666. The third-order valence-electron chi connectivity index (χ3n) is 2.17. The first kappa shape index (κ1) is 14.2. The van der Waals surface area contributed by atoms with Crippen LogP contribution in [0.5, 0.6) is 0 Å². The molecular weight excluding hydrogens is 311 g/mol. The Morgan fingerprint density at radius 1 is 1.41 bits per heavy atom. The van der Waals surface area contributed by atoms with Crippen molar-refractivity contribution in [2.75, 3.05) is 5.88 Å². The number of aliphatic carboxylic acids is 1. The molecule has 0 saturated heterocycles. The van der Waals surface area contributed by atoms with Crippen LogP contribution in [0, 0.1) is 0 Å². The Balaban J connectivity index is 3.12. The van der Waals surface area contributed by atoms with E-state index in [0.29, 0.717) is 10.0 Å². The number of carbonyl (C=O) groups is 2. The molecule has 0 fully saturated rings. The van der Waals surface area contributed by atoms with Gasteiger partial charge < -0.3 is 10.2 Å². The topological polar surface area (TPSA) is 74.6 Å². The van der Waals surface area contributed by atoms with Gasteiger partial charge in [-0.25, -0.2) is 4.79 Å². The fraction of sp³-hybridized carbons (Fsp3) is 0.273. The quantitative estimate of drug-likeness (QED) is 0.813. The fourth-order valence-electron chi connectivity index (χ4n) is 1.37. The van der Waals surface area contributed by atoms with Gasteiger partial charge in [0, 0.05) is 10.9 Å². The number of hydrogen-bond acceptors (Lipinski definition) is 3. The number of carboxylic acid groups (broad SMARTS) is 1. The van der Waals surface area contributed by atoms with Crippen LogP contribution in [0.3, 0.4) is 0 Å². The Labute approximate surface area is 111 Å². The molecule has 1 unspecified atom stereocenters. The molecule has 0 heterocycles. The smallest absolute Gasteiger partial charge is 0.337 e. The first-order chi connectivity index (χ1) is 7.95. The maximum Gasteiger partial charge on any atom is 0.337 e. The maximum atomic E-state index is 11.2. The van der Waals surface area contributed by atoms with Crippen LogP contribution in [0.1, 0.15) is 17.2 Å². The Morgan fingerprint density at radius 3 is 2.59 bits per heavy atom. The molecule has 0 bridgehead atoms. The average Bonchev–Trinajstić information content (AvgIpc) is 2.30. The van der Waals surface area contributed by atoms with Crippen LogP contribution in [0.2, 0.25) is 0 Å². The number of benzene rings is 1. The minimum atomic E-state index is -1.65. The summed E-state index contributed by atoms with van der Waals surface area (Å²) in [6.07, 6.45) is -1.64. The number of aliphatic hydroxyl groups is 1. The number of aliphatic hydroxyl groups excluding tert-OH is 1. The second-order valence-corrected chi connectivity index (χ2v) is 4.62. The lowest BCUT2D eigenvalue weighted by Crippen LogP contribution is -2.15. The Kier molecular flexibility index (Phi) is 5.11. The molecule has 0 spiro atoms. The molecule has 0 aliphatic heterocycles. The van der Waals surface area contributed by atoms with Crippen molar-refractivity contribution in [3.8, 4) is 0 Å². The van der Waals surface area contributed by atoms with Crippen LogP contribution >= 0.6 is 27.5 Å². The van der Waals surface area contributed by atoms with Crippen LogP contribution in [-0.2, 0) is 16.0 Å². The van der Waals surface area contributed by atoms with Gasteiger partial charge in [-0.2, -0.15) is 0 Å². The highest BCUT2D eigenvalue weighted by Crippen LogP contribution is 2.23. The molecule has 0 radical (unpaired) electrons. The minimum Gasteiger partial charge on any atom is -0.479 e. The summed E-state index contributed by atoms with van der Waals surface area (Å²) >= 11 is 8.57. The number of carbonyl (C=O) groups excluding carboxylic acids is 1. The molecule has 0 amide bonds. The molecule has 4 nitrogen and oxygen atoms in total. The summed E-state index contributed by atoms with van der Waals surface area (Å²) in [5, 5.41) is 18.3. The lowest BCUT2D eigenvalue weighted by Gasteiger charge is -2.12. The zero-order valence-corrected chi connectivity index (χ0v) is 11.0. The van der Waals surface area contributed by atoms with Crippen molar-refractivity contribution in [3.63, 3.8) is 0 Å². The van der Waals surface area contributed by atoms with Crippen LogP contribution in [-0.4, -0.2) is 27.8 Å². The zero-order chi connectivity index (χ0) is 13.0. The molecule has 0 aromatic heterocycles. The summed E-state index contributed by atoms with van der Waals surface area (Å²) in [4.78, 5) is 22.0. The van der Waals surface area contributed by atoms with Gasteiger partial charge in [-0.05, 0) is 23.3 Å². The van der Waals surface area contributed by atoms with Gasteiger partial charge in [-0.15, -0.1) is 11.6 Å². The van der Waals surface area contributed by atoms with Gasteiger partial charge in [-0.3, -0.25) is 4.79 Å². The largest absolute Gasteiger partial charge is 0.479 e. The normalized spacial score (nSPS) is 12.2. The number of halogens is 2. The highest BCUT2D eigenvalue weighted by atomic mass is 79.9. The SMILES string of the molecule is O=C(CCl)Cc1ccc(Br)cc1C(O)C(=O)O. The first-order valence-corrected chi connectivity index (χ1v) is 6.05. The first-order valence-electron chi connectivity index (χ1n) is 4.72. The van der Waals surface area contributed by atoms with Crippen molar-refractivity contribution >= 4 is 39.3 Å². The Bertz CT molecular complexity index is 447.